The van der Waals surface area contributed by atoms with E-state index in [2.05, 4.69) is 5.92 Å². The zero-order valence-corrected chi connectivity index (χ0v) is 7.11. The van der Waals surface area contributed by atoms with E-state index in [1.165, 1.54) is 0 Å². The Balaban J connectivity index is 4.11. The number of rotatable bonds is 1. The monoisotopic (exact) mass is 142 g/mol. The third kappa shape index (κ3) is 2.39. The van der Waals surface area contributed by atoms with E-state index in [4.69, 9.17) is 6.42 Å². The fraction of sp³-hybridized carbons (Fsp3) is 0.778. The van der Waals surface area contributed by atoms with Gasteiger partial charge in [-0.15, -0.1) is 12.3 Å². The summed E-state index contributed by atoms with van der Waals surface area (Å²) in [4.78, 5) is 0. The second kappa shape index (κ2) is 3.05. The van der Waals surface area contributed by atoms with Crippen LogP contribution in [0.25, 0.3) is 0 Å². The lowest BCUT2D eigenvalue weighted by Gasteiger charge is -2.25. The summed E-state index contributed by atoms with van der Waals surface area (Å²) in [6, 6.07) is 0. The number of terminal acetylenes is 1. The molecule has 0 amide bonds. The molecule has 0 nitrogen and oxygen atoms in total. The van der Waals surface area contributed by atoms with Gasteiger partial charge in [0.15, 0.2) is 0 Å². The second-order valence-corrected chi connectivity index (χ2v) is 3.72. The molecule has 2 unspecified atom stereocenters. The van der Waals surface area contributed by atoms with Crippen molar-refractivity contribution in [2.75, 3.05) is 0 Å². The fourth-order valence-electron chi connectivity index (χ4n) is 0.834. The minimum Gasteiger partial charge on any atom is -0.246 e. The molecule has 0 aromatic carbocycles. The Morgan fingerprint density at radius 2 is 1.80 bits per heavy atom. The molecular weight excluding hydrogens is 127 g/mol. The van der Waals surface area contributed by atoms with E-state index >= 15 is 0 Å². The van der Waals surface area contributed by atoms with Crippen molar-refractivity contribution in [1.29, 1.82) is 0 Å². The Hall–Kier alpha value is -0.510. The highest BCUT2D eigenvalue weighted by Crippen LogP contribution is 2.27. The van der Waals surface area contributed by atoms with Crippen molar-refractivity contribution in [2.24, 2.45) is 11.3 Å². The van der Waals surface area contributed by atoms with Crippen LogP contribution in [0, 0.1) is 23.7 Å². The van der Waals surface area contributed by atoms with Crippen molar-refractivity contribution in [3.63, 3.8) is 0 Å². The fourth-order valence-corrected chi connectivity index (χ4v) is 0.834. The maximum Gasteiger partial charge on any atom is 0.118 e. The van der Waals surface area contributed by atoms with Crippen molar-refractivity contribution < 1.29 is 4.39 Å². The van der Waals surface area contributed by atoms with Gasteiger partial charge in [-0.05, 0) is 12.3 Å². The van der Waals surface area contributed by atoms with Crippen molar-refractivity contribution in [3.8, 4) is 12.3 Å². The largest absolute Gasteiger partial charge is 0.246 e. The Bertz CT molecular complexity index is 136. The molecule has 0 aliphatic carbocycles. The van der Waals surface area contributed by atoms with E-state index in [1.54, 1.807) is 6.92 Å². The average Bonchev–Trinajstić information content (AvgIpc) is 1.83. The molecule has 0 aromatic heterocycles. The molecule has 0 saturated heterocycles. The molecule has 0 aliphatic rings. The Labute approximate surface area is 62.8 Å². The summed E-state index contributed by atoms with van der Waals surface area (Å²) in [6.45, 7) is 7.29. The Morgan fingerprint density at radius 1 is 1.40 bits per heavy atom. The molecule has 10 heavy (non-hydrogen) atoms. The molecule has 2 atom stereocenters. The van der Waals surface area contributed by atoms with Crippen LogP contribution >= 0.6 is 0 Å². The highest BCUT2D eigenvalue weighted by atomic mass is 19.1. The molecular formula is C9H15F. The summed E-state index contributed by atoms with van der Waals surface area (Å²) in [5, 5.41) is 0. The third-order valence-corrected chi connectivity index (χ3v) is 1.53. The number of hydrogen-bond donors (Lipinski definition) is 0. The second-order valence-electron chi connectivity index (χ2n) is 3.72. The lowest BCUT2D eigenvalue weighted by atomic mass is 9.84. The molecule has 58 valence electrons. The molecule has 0 fully saturated rings. The Morgan fingerprint density at radius 3 is 1.90 bits per heavy atom. The van der Waals surface area contributed by atoms with Crippen LogP contribution in [-0.4, -0.2) is 6.17 Å². The van der Waals surface area contributed by atoms with Crippen molar-refractivity contribution >= 4 is 0 Å². The van der Waals surface area contributed by atoms with E-state index in [0.717, 1.165) is 0 Å². The standard InChI is InChI=1S/C9H15F/c1-6-7(2)8(10)9(3,4)5/h1,7-8H,2-5H3. The van der Waals surface area contributed by atoms with Crippen LogP contribution in [0.4, 0.5) is 4.39 Å². The summed E-state index contributed by atoms with van der Waals surface area (Å²) in [5.41, 5.74) is -0.328. The van der Waals surface area contributed by atoms with Gasteiger partial charge in [0.05, 0.1) is 0 Å². The van der Waals surface area contributed by atoms with E-state index in [1.807, 2.05) is 20.8 Å². The molecule has 0 heterocycles. The van der Waals surface area contributed by atoms with Gasteiger partial charge in [0.25, 0.3) is 0 Å². The predicted octanol–water partition coefficient (Wildman–Crippen LogP) is 2.64. The molecule has 0 rings (SSSR count). The maximum atomic E-state index is 13.2. The molecule has 0 aliphatic heterocycles. The first kappa shape index (κ1) is 9.49. The van der Waals surface area contributed by atoms with Gasteiger partial charge < -0.3 is 0 Å². The average molecular weight is 142 g/mol. The molecule has 0 saturated carbocycles. The van der Waals surface area contributed by atoms with Gasteiger partial charge >= 0.3 is 0 Å². The van der Waals surface area contributed by atoms with Crippen LogP contribution in [-0.2, 0) is 0 Å². The van der Waals surface area contributed by atoms with Gasteiger partial charge in [-0.1, -0.05) is 20.8 Å². The predicted molar refractivity (Wildman–Crippen MR) is 42.3 cm³/mol. The van der Waals surface area contributed by atoms with Crippen LogP contribution in [0.1, 0.15) is 27.7 Å². The number of hydrogen-bond acceptors (Lipinski definition) is 0. The summed E-state index contributed by atoms with van der Waals surface area (Å²) in [6.07, 6.45) is 4.17. The van der Waals surface area contributed by atoms with E-state index < -0.39 is 6.17 Å². The van der Waals surface area contributed by atoms with Crippen LogP contribution < -0.4 is 0 Å². The molecule has 0 radical (unpaired) electrons. The zero-order chi connectivity index (χ0) is 8.36. The smallest absolute Gasteiger partial charge is 0.118 e. The van der Waals surface area contributed by atoms with Gasteiger partial charge in [0.1, 0.15) is 6.17 Å². The quantitative estimate of drug-likeness (QED) is 0.494. The van der Waals surface area contributed by atoms with Crippen molar-refractivity contribution in [2.45, 2.75) is 33.9 Å². The van der Waals surface area contributed by atoms with E-state index in [9.17, 15) is 4.39 Å². The van der Waals surface area contributed by atoms with Crippen LogP contribution in [0.5, 0.6) is 0 Å². The van der Waals surface area contributed by atoms with Crippen LogP contribution in [0.15, 0.2) is 0 Å². The maximum absolute atomic E-state index is 13.2. The van der Waals surface area contributed by atoms with Gasteiger partial charge in [0, 0.05) is 5.92 Å². The highest BCUT2D eigenvalue weighted by molar-refractivity contribution is 4.97. The molecule has 0 aromatic rings. The first-order valence-corrected chi connectivity index (χ1v) is 3.49. The normalized spacial score (nSPS) is 17.6. The molecule has 0 spiro atoms. The van der Waals surface area contributed by atoms with Crippen LogP contribution in [0.2, 0.25) is 0 Å². The summed E-state index contributed by atoms with van der Waals surface area (Å²) >= 11 is 0. The minimum absolute atomic E-state index is 0.278. The first-order valence-electron chi connectivity index (χ1n) is 3.49. The molecule has 0 bridgehead atoms. The van der Waals surface area contributed by atoms with Crippen molar-refractivity contribution in [3.05, 3.63) is 0 Å². The number of alkyl halides is 1. The minimum atomic E-state index is -0.905. The van der Waals surface area contributed by atoms with E-state index in [0.29, 0.717) is 0 Å². The van der Waals surface area contributed by atoms with Gasteiger partial charge in [-0.25, -0.2) is 4.39 Å². The van der Waals surface area contributed by atoms with Crippen molar-refractivity contribution in [1.82, 2.24) is 0 Å². The number of halogens is 1. The molecule has 0 N–H and O–H groups in total. The molecule has 1 heteroatoms. The van der Waals surface area contributed by atoms with E-state index in [-0.39, 0.29) is 11.3 Å². The van der Waals surface area contributed by atoms with Gasteiger partial charge in [-0.2, -0.15) is 0 Å². The van der Waals surface area contributed by atoms with Gasteiger partial charge in [0.2, 0.25) is 0 Å². The third-order valence-electron chi connectivity index (χ3n) is 1.53. The first-order chi connectivity index (χ1) is 4.39. The zero-order valence-electron chi connectivity index (χ0n) is 7.11. The van der Waals surface area contributed by atoms with Crippen LogP contribution in [0.3, 0.4) is 0 Å². The summed E-state index contributed by atoms with van der Waals surface area (Å²) in [7, 11) is 0. The lowest BCUT2D eigenvalue weighted by Crippen LogP contribution is -2.27. The SMILES string of the molecule is C#CC(C)C(F)C(C)(C)C. The lowest BCUT2D eigenvalue weighted by molar-refractivity contribution is 0.130. The summed E-state index contributed by atoms with van der Waals surface area (Å²) < 4.78 is 13.2. The van der Waals surface area contributed by atoms with Gasteiger partial charge in [-0.3, -0.25) is 0 Å². The Kier molecular flexibility index (Phi) is 2.90. The summed E-state index contributed by atoms with van der Waals surface area (Å²) in [5.74, 6) is 2.12. The highest BCUT2D eigenvalue weighted by Gasteiger charge is 2.28. The topological polar surface area (TPSA) is 0 Å².